The highest BCUT2D eigenvalue weighted by Gasteiger charge is 2.42. The summed E-state index contributed by atoms with van der Waals surface area (Å²) in [7, 11) is 0. The molecule has 3 rings (SSSR count). The third-order valence-corrected chi connectivity index (χ3v) is 4.26. The first-order chi connectivity index (χ1) is 11.5. The molecule has 1 aromatic rings. The van der Waals surface area contributed by atoms with Gasteiger partial charge in [-0.3, -0.25) is 14.9 Å². The second kappa shape index (κ2) is 6.31. The fourth-order valence-electron chi connectivity index (χ4n) is 3.08. The lowest BCUT2D eigenvalue weighted by atomic mass is 9.89. The van der Waals surface area contributed by atoms with Crippen LogP contribution in [0.4, 0.5) is 0 Å². The van der Waals surface area contributed by atoms with Gasteiger partial charge >= 0.3 is 0 Å². The summed E-state index contributed by atoms with van der Waals surface area (Å²) in [6.07, 6.45) is 4.76. The maximum Gasteiger partial charge on any atom is 0.269 e. The van der Waals surface area contributed by atoms with Crippen molar-refractivity contribution in [2.24, 2.45) is 5.92 Å². The van der Waals surface area contributed by atoms with Crippen LogP contribution in [0.15, 0.2) is 65.7 Å². The lowest BCUT2D eigenvalue weighted by Gasteiger charge is -2.30. The molecule has 6 nitrogen and oxygen atoms in total. The molecule has 0 N–H and O–H groups in total. The van der Waals surface area contributed by atoms with E-state index < -0.39 is 4.92 Å². The lowest BCUT2D eigenvalue weighted by Crippen LogP contribution is -2.39. The van der Waals surface area contributed by atoms with E-state index in [1.54, 1.807) is 17.2 Å². The molecule has 0 bridgehead atoms. The van der Waals surface area contributed by atoms with Gasteiger partial charge in [-0.2, -0.15) is 0 Å². The van der Waals surface area contributed by atoms with Crippen molar-refractivity contribution in [2.45, 2.75) is 26.5 Å². The van der Waals surface area contributed by atoms with Gasteiger partial charge in [0.1, 0.15) is 18.4 Å². The van der Waals surface area contributed by atoms with Gasteiger partial charge in [-0.1, -0.05) is 30.3 Å². The number of carbonyl (C=O) groups excluding carboxylic acids is 1. The average Bonchev–Trinajstić information content (AvgIpc) is 2.91. The fraction of sp³-hybridized carbons (Fsp3) is 0.278. The number of allylic oxidation sites excluding steroid dienone is 1. The topological polar surface area (TPSA) is 72.7 Å². The van der Waals surface area contributed by atoms with Crippen LogP contribution in [0, 0.1) is 16.0 Å². The summed E-state index contributed by atoms with van der Waals surface area (Å²) in [4.78, 5) is 24.3. The number of amides is 1. The Hall–Kier alpha value is -2.89. The van der Waals surface area contributed by atoms with Crippen LogP contribution in [-0.2, 0) is 16.1 Å². The summed E-state index contributed by atoms with van der Waals surface area (Å²) < 4.78 is 5.88. The molecule has 1 aliphatic carbocycles. The van der Waals surface area contributed by atoms with Crippen molar-refractivity contribution < 1.29 is 14.5 Å². The Morgan fingerprint density at radius 1 is 1.33 bits per heavy atom. The minimum absolute atomic E-state index is 0.00235. The van der Waals surface area contributed by atoms with Gasteiger partial charge in [-0.25, -0.2) is 0 Å². The van der Waals surface area contributed by atoms with E-state index in [-0.39, 0.29) is 23.6 Å². The minimum atomic E-state index is -0.425. The zero-order valence-electron chi connectivity index (χ0n) is 13.5. The van der Waals surface area contributed by atoms with Gasteiger partial charge in [0.25, 0.3) is 5.70 Å². The van der Waals surface area contributed by atoms with Crippen molar-refractivity contribution in [3.8, 4) is 0 Å². The number of hydrogen-bond donors (Lipinski definition) is 0. The number of rotatable bonds is 4. The van der Waals surface area contributed by atoms with Gasteiger partial charge in [-0.15, -0.1) is 0 Å². The average molecular weight is 326 g/mol. The molecule has 0 saturated heterocycles. The van der Waals surface area contributed by atoms with Crippen molar-refractivity contribution in [3.05, 3.63) is 81.4 Å². The first-order valence-corrected chi connectivity index (χ1v) is 7.69. The zero-order chi connectivity index (χ0) is 17.3. The van der Waals surface area contributed by atoms with Crippen LogP contribution in [0.5, 0.6) is 0 Å². The Bertz CT molecular complexity index is 764. The Balaban J connectivity index is 1.90. The van der Waals surface area contributed by atoms with Crippen LogP contribution >= 0.6 is 0 Å². The fourth-order valence-corrected chi connectivity index (χ4v) is 3.08. The molecular formula is C18H18N2O4. The summed E-state index contributed by atoms with van der Waals surface area (Å²) in [5.74, 6) is 0.0976. The predicted octanol–water partition coefficient (Wildman–Crippen LogP) is 3.01. The molecule has 1 heterocycles. The van der Waals surface area contributed by atoms with E-state index in [1.807, 2.05) is 37.3 Å². The quantitative estimate of drug-likeness (QED) is 0.630. The molecule has 2 aliphatic rings. The lowest BCUT2D eigenvalue weighted by molar-refractivity contribution is -0.420. The number of benzene rings is 1. The predicted molar refractivity (Wildman–Crippen MR) is 87.9 cm³/mol. The van der Waals surface area contributed by atoms with E-state index >= 15 is 0 Å². The molecule has 1 amide bonds. The second-order valence-corrected chi connectivity index (χ2v) is 5.94. The van der Waals surface area contributed by atoms with Crippen LogP contribution in [-0.4, -0.2) is 21.8 Å². The van der Waals surface area contributed by atoms with Crippen LogP contribution in [0.3, 0.4) is 0 Å². The molecule has 1 aliphatic heterocycles. The van der Waals surface area contributed by atoms with Crippen molar-refractivity contribution in [3.63, 3.8) is 0 Å². The number of hydrogen-bond acceptors (Lipinski definition) is 4. The highest BCUT2D eigenvalue weighted by molar-refractivity contribution is 5.76. The van der Waals surface area contributed by atoms with Crippen molar-refractivity contribution in [1.29, 1.82) is 0 Å². The molecule has 0 spiro atoms. The molecule has 2 atom stereocenters. The van der Waals surface area contributed by atoms with Crippen LogP contribution in [0.2, 0.25) is 0 Å². The van der Waals surface area contributed by atoms with Crippen LogP contribution < -0.4 is 0 Å². The first-order valence-electron chi connectivity index (χ1n) is 7.69. The van der Waals surface area contributed by atoms with Crippen molar-refractivity contribution >= 4 is 5.91 Å². The highest BCUT2D eigenvalue weighted by atomic mass is 16.6. The first kappa shape index (κ1) is 16.0. The van der Waals surface area contributed by atoms with E-state index in [0.717, 1.165) is 11.1 Å². The normalized spacial score (nSPS) is 22.2. The monoisotopic (exact) mass is 326 g/mol. The standard InChI is InChI=1S/C18H18N2O4/c1-12-10-19(13(2)21)18-16(12)8-15(20(22)23)9-17(18)24-11-14-6-4-3-5-7-14/h3-10,16,18H,11H2,1-2H3. The van der Waals surface area contributed by atoms with Crippen molar-refractivity contribution in [2.75, 3.05) is 0 Å². The molecular weight excluding hydrogens is 308 g/mol. The molecule has 1 aromatic carbocycles. The summed E-state index contributed by atoms with van der Waals surface area (Å²) in [6, 6.07) is 9.21. The SMILES string of the molecule is CC(=O)N1C=C(C)C2C=C([N+](=O)[O-])C=C(OCc3ccccc3)C21. The smallest absolute Gasteiger partial charge is 0.269 e. The van der Waals surface area contributed by atoms with Crippen molar-refractivity contribution in [1.82, 2.24) is 4.90 Å². The minimum Gasteiger partial charge on any atom is -0.491 e. The van der Waals surface area contributed by atoms with Gasteiger partial charge in [-0.05, 0) is 18.1 Å². The second-order valence-electron chi connectivity index (χ2n) is 5.94. The Kier molecular flexibility index (Phi) is 4.20. The molecule has 124 valence electrons. The third kappa shape index (κ3) is 2.95. The van der Waals surface area contributed by atoms with E-state index in [4.69, 9.17) is 4.74 Å². The Morgan fingerprint density at radius 3 is 2.67 bits per heavy atom. The largest absolute Gasteiger partial charge is 0.491 e. The maximum absolute atomic E-state index is 11.9. The third-order valence-electron chi connectivity index (χ3n) is 4.26. The number of nitro groups is 1. The van der Waals surface area contributed by atoms with Gasteiger partial charge in [0.15, 0.2) is 0 Å². The zero-order valence-corrected chi connectivity index (χ0v) is 13.5. The molecule has 0 saturated carbocycles. The molecule has 0 radical (unpaired) electrons. The summed E-state index contributed by atoms with van der Waals surface area (Å²) in [6.45, 7) is 3.65. The van der Waals surface area contributed by atoms with E-state index in [1.165, 1.54) is 13.0 Å². The van der Waals surface area contributed by atoms with Gasteiger partial charge in [0.2, 0.25) is 5.91 Å². The number of carbonyl (C=O) groups is 1. The number of nitrogens with zero attached hydrogens (tertiary/aromatic N) is 2. The van der Waals surface area contributed by atoms with Gasteiger partial charge < -0.3 is 9.64 Å². The molecule has 24 heavy (non-hydrogen) atoms. The van der Waals surface area contributed by atoms with E-state index in [2.05, 4.69) is 0 Å². The van der Waals surface area contributed by atoms with Crippen LogP contribution in [0.25, 0.3) is 0 Å². The number of ether oxygens (including phenoxy) is 1. The molecule has 0 aromatic heterocycles. The highest BCUT2D eigenvalue weighted by Crippen LogP contribution is 2.38. The maximum atomic E-state index is 11.9. The van der Waals surface area contributed by atoms with E-state index in [9.17, 15) is 14.9 Å². The molecule has 2 unspecified atom stereocenters. The molecule has 6 heteroatoms. The number of fused-ring (bicyclic) bond motifs is 1. The van der Waals surface area contributed by atoms with E-state index in [0.29, 0.717) is 12.4 Å². The summed E-state index contributed by atoms with van der Waals surface area (Å²) in [5, 5.41) is 11.2. The van der Waals surface area contributed by atoms with Gasteiger partial charge in [0.05, 0.1) is 11.0 Å². The van der Waals surface area contributed by atoms with Crippen LogP contribution in [0.1, 0.15) is 19.4 Å². The molecule has 0 fully saturated rings. The van der Waals surface area contributed by atoms with Gasteiger partial charge in [0, 0.05) is 25.1 Å². The summed E-state index contributed by atoms with van der Waals surface area (Å²) in [5.41, 5.74) is 1.87. The summed E-state index contributed by atoms with van der Waals surface area (Å²) >= 11 is 0. The Morgan fingerprint density at radius 2 is 2.04 bits per heavy atom. The Labute approximate surface area is 139 Å².